The first-order chi connectivity index (χ1) is 7.81. The Kier molecular flexibility index (Phi) is 3.93. The highest BCUT2D eigenvalue weighted by Gasteiger charge is 2.23. The van der Waals surface area contributed by atoms with E-state index in [1.807, 2.05) is 0 Å². The first kappa shape index (κ1) is 13.7. The van der Waals surface area contributed by atoms with Gasteiger partial charge < -0.3 is 0 Å². The van der Waals surface area contributed by atoms with Gasteiger partial charge in [-0.05, 0) is 0 Å². The van der Waals surface area contributed by atoms with Gasteiger partial charge in [-0.15, -0.1) is 11.6 Å². The topological polar surface area (TPSA) is 101 Å². The van der Waals surface area contributed by atoms with Crippen LogP contribution in [0, 0.1) is 21.4 Å². The second-order valence-corrected chi connectivity index (χ2v) is 5.71. The molecule has 0 bridgehead atoms. The minimum absolute atomic E-state index is 0.0465. The van der Waals surface area contributed by atoms with E-state index in [2.05, 4.69) is 0 Å². The molecule has 1 aromatic rings. The fraction of sp³-hybridized carbons (Fsp3) is 0.125. The summed E-state index contributed by atoms with van der Waals surface area (Å²) in [6.07, 6.45) is 0. The summed E-state index contributed by atoms with van der Waals surface area (Å²) < 4.78 is 22.5. The number of nitro groups is 1. The van der Waals surface area contributed by atoms with E-state index in [-0.39, 0.29) is 17.0 Å². The number of hydrogen-bond acceptors (Lipinski definition) is 5. The van der Waals surface area contributed by atoms with Crippen molar-refractivity contribution in [1.29, 1.82) is 5.26 Å². The highest BCUT2D eigenvalue weighted by Crippen LogP contribution is 2.29. The summed E-state index contributed by atoms with van der Waals surface area (Å²) in [5, 5.41) is 19.3. The molecule has 0 heterocycles. The molecule has 1 aromatic carbocycles. The quantitative estimate of drug-likeness (QED) is 0.368. The third kappa shape index (κ3) is 2.85. The molecule has 0 aliphatic carbocycles. The summed E-state index contributed by atoms with van der Waals surface area (Å²) in [6, 6.07) is 3.37. The van der Waals surface area contributed by atoms with E-state index in [4.69, 9.17) is 27.5 Å². The van der Waals surface area contributed by atoms with Crippen LogP contribution in [0.1, 0.15) is 11.1 Å². The molecule has 0 atom stereocenters. The molecule has 6 nitrogen and oxygen atoms in total. The van der Waals surface area contributed by atoms with Crippen molar-refractivity contribution < 1.29 is 13.3 Å². The molecule has 1 rings (SSSR count). The number of benzene rings is 1. The number of nitriles is 1. The Labute approximate surface area is 106 Å². The van der Waals surface area contributed by atoms with E-state index in [0.29, 0.717) is 0 Å². The zero-order valence-electron chi connectivity index (χ0n) is 8.05. The van der Waals surface area contributed by atoms with Crippen LogP contribution in [0.15, 0.2) is 17.0 Å². The molecule has 0 saturated carbocycles. The van der Waals surface area contributed by atoms with E-state index in [0.717, 1.165) is 12.1 Å². The van der Waals surface area contributed by atoms with Crippen molar-refractivity contribution in [3.8, 4) is 6.07 Å². The zero-order valence-corrected chi connectivity index (χ0v) is 10.4. The highest BCUT2D eigenvalue weighted by atomic mass is 35.7. The van der Waals surface area contributed by atoms with E-state index < -0.39 is 24.6 Å². The fourth-order valence-electron chi connectivity index (χ4n) is 1.19. The van der Waals surface area contributed by atoms with Gasteiger partial charge in [0, 0.05) is 28.4 Å². The average Bonchev–Trinajstić information content (AvgIpc) is 2.25. The maximum atomic E-state index is 11.2. The van der Waals surface area contributed by atoms with Crippen LogP contribution in [-0.2, 0) is 14.9 Å². The Morgan fingerprint density at radius 3 is 2.41 bits per heavy atom. The van der Waals surface area contributed by atoms with Crippen LogP contribution in [0.5, 0.6) is 0 Å². The molecular weight excluding hydrogens is 291 g/mol. The summed E-state index contributed by atoms with van der Waals surface area (Å²) >= 11 is 5.51. The Morgan fingerprint density at radius 1 is 1.47 bits per heavy atom. The SMILES string of the molecule is N#Cc1cc([N+](=O)[O-])cc(S(=O)(=O)Cl)c1CCl. The number of halogens is 2. The smallest absolute Gasteiger partial charge is 0.258 e. The van der Waals surface area contributed by atoms with Crippen molar-refractivity contribution >= 4 is 37.0 Å². The molecule has 0 fully saturated rings. The maximum Gasteiger partial charge on any atom is 0.272 e. The lowest BCUT2D eigenvalue weighted by atomic mass is 10.1. The zero-order chi connectivity index (χ0) is 13.2. The monoisotopic (exact) mass is 294 g/mol. The second kappa shape index (κ2) is 4.87. The summed E-state index contributed by atoms with van der Waals surface area (Å²) in [5.41, 5.74) is -0.766. The van der Waals surface area contributed by atoms with Gasteiger partial charge in [0.25, 0.3) is 14.7 Å². The number of hydrogen-bond donors (Lipinski definition) is 0. The lowest BCUT2D eigenvalue weighted by Gasteiger charge is -2.05. The van der Waals surface area contributed by atoms with Gasteiger partial charge in [-0.25, -0.2) is 8.42 Å². The Hall–Kier alpha value is -1.36. The minimum Gasteiger partial charge on any atom is -0.258 e. The molecule has 0 saturated heterocycles. The maximum absolute atomic E-state index is 11.2. The Bertz CT molecular complexity index is 621. The fourth-order valence-corrected chi connectivity index (χ4v) is 2.71. The molecule has 90 valence electrons. The largest absolute Gasteiger partial charge is 0.272 e. The van der Waals surface area contributed by atoms with Gasteiger partial charge in [0.2, 0.25) is 0 Å². The normalized spacial score (nSPS) is 10.9. The minimum atomic E-state index is -4.20. The second-order valence-electron chi connectivity index (χ2n) is 2.91. The average molecular weight is 295 g/mol. The number of alkyl halides is 1. The van der Waals surface area contributed by atoms with E-state index in [9.17, 15) is 18.5 Å². The number of nitrogens with zero attached hydrogens (tertiary/aromatic N) is 2. The van der Waals surface area contributed by atoms with Crippen LogP contribution in [0.3, 0.4) is 0 Å². The van der Waals surface area contributed by atoms with Gasteiger partial charge >= 0.3 is 0 Å². The molecule has 9 heteroatoms. The molecule has 0 aromatic heterocycles. The number of nitro benzene ring substituents is 1. The third-order valence-electron chi connectivity index (χ3n) is 1.92. The van der Waals surface area contributed by atoms with Crippen molar-refractivity contribution in [2.75, 3.05) is 0 Å². The molecule has 0 unspecified atom stereocenters. The van der Waals surface area contributed by atoms with Crippen molar-refractivity contribution in [3.05, 3.63) is 33.4 Å². The van der Waals surface area contributed by atoms with E-state index in [1.165, 1.54) is 0 Å². The van der Waals surface area contributed by atoms with Crippen molar-refractivity contribution in [1.82, 2.24) is 0 Å². The van der Waals surface area contributed by atoms with Gasteiger partial charge in [-0.2, -0.15) is 5.26 Å². The molecular formula is C8H4Cl2N2O4S. The van der Waals surface area contributed by atoms with Gasteiger partial charge in [-0.3, -0.25) is 10.1 Å². The molecule has 0 aliphatic rings. The van der Waals surface area contributed by atoms with Crippen LogP contribution in [0.25, 0.3) is 0 Å². The number of rotatable bonds is 3. The number of non-ortho nitro benzene ring substituents is 1. The van der Waals surface area contributed by atoms with Crippen LogP contribution < -0.4 is 0 Å². The first-order valence-corrected chi connectivity index (χ1v) is 6.87. The van der Waals surface area contributed by atoms with Gasteiger partial charge in [0.15, 0.2) is 0 Å². The Balaban J connectivity index is 3.74. The molecule has 0 radical (unpaired) electrons. The van der Waals surface area contributed by atoms with Crippen molar-refractivity contribution in [3.63, 3.8) is 0 Å². The van der Waals surface area contributed by atoms with Crippen LogP contribution in [-0.4, -0.2) is 13.3 Å². The van der Waals surface area contributed by atoms with Gasteiger partial charge in [-0.1, -0.05) is 0 Å². The molecule has 0 spiro atoms. The lowest BCUT2D eigenvalue weighted by Crippen LogP contribution is -2.02. The molecule has 0 amide bonds. The highest BCUT2D eigenvalue weighted by molar-refractivity contribution is 8.13. The standard InChI is InChI=1S/C8H4Cl2N2O4S/c9-3-7-5(4-11)1-6(12(13)14)2-8(7)17(10,15)16/h1-2H,3H2. The molecule has 17 heavy (non-hydrogen) atoms. The van der Waals surface area contributed by atoms with Crippen molar-refractivity contribution in [2.24, 2.45) is 0 Å². The van der Waals surface area contributed by atoms with Gasteiger partial charge in [0.1, 0.15) is 0 Å². The van der Waals surface area contributed by atoms with E-state index in [1.54, 1.807) is 6.07 Å². The van der Waals surface area contributed by atoms with E-state index >= 15 is 0 Å². The van der Waals surface area contributed by atoms with Crippen LogP contribution in [0.4, 0.5) is 5.69 Å². The molecule has 0 aliphatic heterocycles. The van der Waals surface area contributed by atoms with Crippen LogP contribution >= 0.6 is 22.3 Å². The molecule has 0 N–H and O–H groups in total. The van der Waals surface area contributed by atoms with Crippen LogP contribution in [0.2, 0.25) is 0 Å². The van der Waals surface area contributed by atoms with Gasteiger partial charge in [0.05, 0.1) is 27.3 Å². The van der Waals surface area contributed by atoms with Crippen molar-refractivity contribution in [2.45, 2.75) is 10.8 Å². The third-order valence-corrected chi connectivity index (χ3v) is 3.58. The first-order valence-electron chi connectivity index (χ1n) is 4.03. The summed E-state index contributed by atoms with van der Waals surface area (Å²) in [4.78, 5) is 9.24. The summed E-state index contributed by atoms with van der Waals surface area (Å²) in [5.74, 6) is -0.290. The predicted molar refractivity (Wildman–Crippen MR) is 60.4 cm³/mol. The predicted octanol–water partition coefficient (Wildman–Crippen LogP) is 2.13. The summed E-state index contributed by atoms with van der Waals surface area (Å²) in [7, 11) is 0.928. The summed E-state index contributed by atoms with van der Waals surface area (Å²) in [6.45, 7) is 0. The Morgan fingerprint density at radius 2 is 2.06 bits per heavy atom. The lowest BCUT2D eigenvalue weighted by molar-refractivity contribution is -0.385.